The number of fused-ring (bicyclic) bond motifs is 1. The summed E-state index contributed by atoms with van der Waals surface area (Å²) in [4.78, 5) is 4.78. The molecule has 18 heavy (non-hydrogen) atoms. The quantitative estimate of drug-likeness (QED) is 0.881. The van der Waals surface area contributed by atoms with Crippen LogP contribution >= 0.6 is 11.6 Å². The highest BCUT2D eigenvalue weighted by molar-refractivity contribution is 6.31. The number of anilines is 1. The molecule has 2 nitrogen and oxygen atoms in total. The summed E-state index contributed by atoms with van der Waals surface area (Å²) in [7, 11) is 0. The predicted molar refractivity (Wildman–Crippen MR) is 79.8 cm³/mol. The average Bonchev–Trinajstić information content (AvgIpc) is 2.33. The molecule has 1 N–H and O–H groups in total. The molecule has 3 heteroatoms. The highest BCUT2D eigenvalue weighted by Gasteiger charge is 2.12. The lowest BCUT2D eigenvalue weighted by molar-refractivity contribution is 1.02. The van der Waals surface area contributed by atoms with Gasteiger partial charge in [-0.1, -0.05) is 18.5 Å². The molecule has 1 aromatic heterocycles. The summed E-state index contributed by atoms with van der Waals surface area (Å²) in [5, 5.41) is 5.34. The zero-order chi connectivity index (χ0) is 13.3. The Bertz CT molecular complexity index is 591. The molecule has 0 unspecified atom stereocenters. The predicted octanol–water partition coefficient (Wildman–Crippen LogP) is 4.50. The van der Waals surface area contributed by atoms with E-state index >= 15 is 0 Å². The summed E-state index contributed by atoms with van der Waals surface area (Å²) in [6.45, 7) is 9.33. The van der Waals surface area contributed by atoms with E-state index in [4.69, 9.17) is 16.6 Å². The van der Waals surface area contributed by atoms with E-state index in [9.17, 15) is 0 Å². The molecular formula is C15H19ClN2. The summed E-state index contributed by atoms with van der Waals surface area (Å²) < 4.78 is 0. The van der Waals surface area contributed by atoms with Crippen molar-refractivity contribution in [2.24, 2.45) is 0 Å². The first-order valence-electron chi connectivity index (χ1n) is 6.41. The van der Waals surface area contributed by atoms with Gasteiger partial charge in [-0.2, -0.15) is 0 Å². The molecule has 96 valence electrons. The Balaban J connectivity index is 2.86. The van der Waals surface area contributed by atoms with Gasteiger partial charge in [0.15, 0.2) is 0 Å². The van der Waals surface area contributed by atoms with Crippen molar-refractivity contribution in [1.29, 1.82) is 0 Å². The molecule has 0 aliphatic heterocycles. The zero-order valence-corrected chi connectivity index (χ0v) is 12.2. The van der Waals surface area contributed by atoms with Crippen LogP contribution in [0.4, 0.5) is 5.69 Å². The van der Waals surface area contributed by atoms with Gasteiger partial charge in [0.25, 0.3) is 0 Å². The first kappa shape index (κ1) is 13.2. The van der Waals surface area contributed by atoms with Crippen LogP contribution in [0.5, 0.6) is 0 Å². The van der Waals surface area contributed by atoms with Crippen molar-refractivity contribution >= 4 is 28.2 Å². The van der Waals surface area contributed by atoms with E-state index in [2.05, 4.69) is 33.0 Å². The zero-order valence-electron chi connectivity index (χ0n) is 11.4. The van der Waals surface area contributed by atoms with E-state index < -0.39 is 0 Å². The monoisotopic (exact) mass is 262 g/mol. The van der Waals surface area contributed by atoms with E-state index in [1.54, 1.807) is 0 Å². The summed E-state index contributed by atoms with van der Waals surface area (Å²) in [6, 6.07) is 3.97. The molecule has 0 radical (unpaired) electrons. The SMILES string of the molecule is CCNc1c(C)c(CC)nc2c(C)cc(Cl)cc12. The van der Waals surface area contributed by atoms with E-state index in [1.165, 1.54) is 11.3 Å². The Morgan fingerprint density at radius 3 is 2.56 bits per heavy atom. The number of hydrogen-bond acceptors (Lipinski definition) is 2. The third-order valence-corrected chi connectivity index (χ3v) is 3.50. The lowest BCUT2D eigenvalue weighted by Gasteiger charge is -2.16. The van der Waals surface area contributed by atoms with Crippen molar-refractivity contribution < 1.29 is 0 Å². The van der Waals surface area contributed by atoms with Crippen molar-refractivity contribution in [2.75, 3.05) is 11.9 Å². The molecule has 1 heterocycles. The number of nitrogens with one attached hydrogen (secondary N) is 1. The maximum absolute atomic E-state index is 6.17. The fourth-order valence-electron chi connectivity index (χ4n) is 2.39. The van der Waals surface area contributed by atoms with Crippen LogP contribution in [0.1, 0.15) is 30.7 Å². The van der Waals surface area contributed by atoms with Crippen LogP contribution in [-0.4, -0.2) is 11.5 Å². The van der Waals surface area contributed by atoms with Gasteiger partial charge in [0.05, 0.1) is 5.52 Å². The second kappa shape index (κ2) is 5.15. The molecule has 0 atom stereocenters. The van der Waals surface area contributed by atoms with Gasteiger partial charge in [-0.3, -0.25) is 4.98 Å². The molecule has 0 aliphatic rings. The first-order valence-corrected chi connectivity index (χ1v) is 6.79. The lowest BCUT2D eigenvalue weighted by atomic mass is 10.0. The minimum Gasteiger partial charge on any atom is -0.385 e. The number of rotatable bonds is 3. The van der Waals surface area contributed by atoms with Crippen molar-refractivity contribution in [2.45, 2.75) is 34.1 Å². The minimum absolute atomic E-state index is 0.768. The Morgan fingerprint density at radius 2 is 1.94 bits per heavy atom. The van der Waals surface area contributed by atoms with E-state index in [0.29, 0.717) is 0 Å². The van der Waals surface area contributed by atoms with Crippen LogP contribution in [0, 0.1) is 13.8 Å². The molecule has 0 fully saturated rings. The maximum atomic E-state index is 6.17. The molecule has 0 saturated carbocycles. The van der Waals surface area contributed by atoms with Crippen molar-refractivity contribution in [3.05, 3.63) is 34.0 Å². The van der Waals surface area contributed by atoms with Gasteiger partial charge < -0.3 is 5.32 Å². The van der Waals surface area contributed by atoms with Gasteiger partial charge in [0.1, 0.15) is 0 Å². The third kappa shape index (κ3) is 2.17. The lowest BCUT2D eigenvalue weighted by Crippen LogP contribution is -2.05. The Labute approximate surface area is 113 Å². The standard InChI is InChI=1S/C15H19ClN2/c1-5-13-10(4)15(17-6-2)12-8-11(16)7-9(3)14(12)18-13/h7-8H,5-6H2,1-4H3,(H,17,18). The number of halogens is 1. The highest BCUT2D eigenvalue weighted by Crippen LogP contribution is 2.32. The minimum atomic E-state index is 0.768. The summed E-state index contributed by atoms with van der Waals surface area (Å²) >= 11 is 6.17. The smallest absolute Gasteiger partial charge is 0.0756 e. The molecule has 1 aromatic carbocycles. The summed E-state index contributed by atoms with van der Waals surface area (Å²) in [6.07, 6.45) is 0.947. The van der Waals surface area contributed by atoms with Gasteiger partial charge in [0.2, 0.25) is 0 Å². The fraction of sp³-hybridized carbons (Fsp3) is 0.400. The molecule has 0 spiro atoms. The highest BCUT2D eigenvalue weighted by atomic mass is 35.5. The number of hydrogen-bond donors (Lipinski definition) is 1. The van der Waals surface area contributed by atoms with Crippen LogP contribution in [0.25, 0.3) is 10.9 Å². The molecule has 0 saturated heterocycles. The van der Waals surface area contributed by atoms with Gasteiger partial charge in [-0.05, 0) is 50.5 Å². The van der Waals surface area contributed by atoms with E-state index in [-0.39, 0.29) is 0 Å². The molecular weight excluding hydrogens is 244 g/mol. The van der Waals surface area contributed by atoms with Crippen molar-refractivity contribution in [3.8, 4) is 0 Å². The number of aromatic nitrogens is 1. The average molecular weight is 263 g/mol. The maximum Gasteiger partial charge on any atom is 0.0756 e. The number of pyridine rings is 1. The van der Waals surface area contributed by atoms with Crippen LogP contribution in [-0.2, 0) is 6.42 Å². The largest absolute Gasteiger partial charge is 0.385 e. The summed E-state index contributed by atoms with van der Waals surface area (Å²) in [5.41, 5.74) is 5.74. The van der Waals surface area contributed by atoms with Gasteiger partial charge >= 0.3 is 0 Å². The van der Waals surface area contributed by atoms with Crippen molar-refractivity contribution in [1.82, 2.24) is 4.98 Å². The molecule has 2 rings (SSSR count). The molecule has 0 amide bonds. The molecule has 0 bridgehead atoms. The van der Waals surface area contributed by atoms with E-state index in [0.717, 1.165) is 40.1 Å². The van der Waals surface area contributed by atoms with Crippen LogP contribution in [0.3, 0.4) is 0 Å². The third-order valence-electron chi connectivity index (χ3n) is 3.28. The topological polar surface area (TPSA) is 24.9 Å². The van der Waals surface area contributed by atoms with Gasteiger partial charge in [-0.15, -0.1) is 0 Å². The van der Waals surface area contributed by atoms with Crippen LogP contribution < -0.4 is 5.32 Å². The van der Waals surface area contributed by atoms with Crippen LogP contribution in [0.15, 0.2) is 12.1 Å². The molecule has 0 aliphatic carbocycles. The number of nitrogens with zero attached hydrogens (tertiary/aromatic N) is 1. The second-order valence-corrected chi connectivity index (χ2v) is 5.00. The second-order valence-electron chi connectivity index (χ2n) is 4.56. The van der Waals surface area contributed by atoms with Gasteiger partial charge in [-0.25, -0.2) is 0 Å². The number of aryl methyl sites for hydroxylation is 2. The van der Waals surface area contributed by atoms with Crippen molar-refractivity contribution in [3.63, 3.8) is 0 Å². The van der Waals surface area contributed by atoms with E-state index in [1.807, 2.05) is 12.1 Å². The number of benzene rings is 1. The Morgan fingerprint density at radius 1 is 1.22 bits per heavy atom. The molecule has 2 aromatic rings. The van der Waals surface area contributed by atoms with Gasteiger partial charge in [0, 0.05) is 28.3 Å². The first-order chi connectivity index (χ1) is 8.58. The Hall–Kier alpha value is -1.28. The fourth-order valence-corrected chi connectivity index (χ4v) is 2.66. The Kier molecular flexibility index (Phi) is 3.76. The van der Waals surface area contributed by atoms with Crippen LogP contribution in [0.2, 0.25) is 5.02 Å². The summed E-state index contributed by atoms with van der Waals surface area (Å²) in [5.74, 6) is 0. The normalized spacial score (nSPS) is 10.9.